The van der Waals surface area contributed by atoms with Gasteiger partial charge < -0.3 is 10.1 Å². The summed E-state index contributed by atoms with van der Waals surface area (Å²) >= 11 is 7.03. The van der Waals surface area contributed by atoms with Crippen molar-refractivity contribution in [2.45, 2.75) is 32.1 Å². The van der Waals surface area contributed by atoms with Gasteiger partial charge in [-0.25, -0.2) is 0 Å². The maximum atomic E-state index is 11.8. The van der Waals surface area contributed by atoms with Gasteiger partial charge >= 0.3 is 0 Å². The third-order valence-corrected chi connectivity index (χ3v) is 4.54. The summed E-state index contributed by atoms with van der Waals surface area (Å²) in [6.07, 6.45) is 3.84. The zero-order chi connectivity index (χ0) is 15.1. The highest BCUT2D eigenvalue weighted by Gasteiger charge is 2.20. The first-order valence-corrected chi connectivity index (χ1v) is 8.47. The highest BCUT2D eigenvalue weighted by Crippen LogP contribution is 2.28. The molecule has 21 heavy (non-hydrogen) atoms. The number of hydrogen-bond donors (Lipinski definition) is 1. The van der Waals surface area contributed by atoms with Crippen LogP contribution in [-0.4, -0.2) is 31.4 Å². The van der Waals surface area contributed by atoms with E-state index in [0.717, 1.165) is 18.9 Å². The lowest BCUT2D eigenvalue weighted by molar-refractivity contribution is -0.121. The van der Waals surface area contributed by atoms with Crippen molar-refractivity contribution in [1.82, 2.24) is 5.32 Å². The van der Waals surface area contributed by atoms with Crippen LogP contribution in [0.4, 0.5) is 0 Å². The molecule has 0 spiro atoms. The van der Waals surface area contributed by atoms with Crippen molar-refractivity contribution < 1.29 is 14.3 Å². The first-order valence-electron chi connectivity index (χ1n) is 7.28. The summed E-state index contributed by atoms with van der Waals surface area (Å²) in [7, 11) is 0. The van der Waals surface area contributed by atoms with Crippen LogP contribution in [0.3, 0.4) is 0 Å². The number of carbonyl (C=O) groups is 2. The zero-order valence-corrected chi connectivity index (χ0v) is 13.5. The van der Waals surface area contributed by atoms with Gasteiger partial charge in [0.1, 0.15) is 0 Å². The van der Waals surface area contributed by atoms with Crippen LogP contribution < -0.4 is 5.32 Å². The van der Waals surface area contributed by atoms with Gasteiger partial charge in [-0.15, -0.1) is 11.3 Å². The average Bonchev–Trinajstić information content (AvgIpc) is 3.19. The molecular weight excluding hydrogens is 310 g/mol. The van der Waals surface area contributed by atoms with Crippen molar-refractivity contribution in [1.29, 1.82) is 0 Å². The molecule has 1 amide bonds. The number of halogens is 1. The molecule has 0 bridgehead atoms. The molecule has 0 radical (unpaired) electrons. The van der Waals surface area contributed by atoms with Crippen LogP contribution in [0.1, 0.15) is 41.8 Å². The molecule has 1 aliphatic rings. The normalized spacial score (nSPS) is 14.1. The van der Waals surface area contributed by atoms with Crippen molar-refractivity contribution >= 4 is 34.6 Å². The van der Waals surface area contributed by atoms with Gasteiger partial charge in [-0.05, 0) is 37.3 Å². The fourth-order valence-corrected chi connectivity index (χ4v) is 2.85. The molecule has 4 nitrogen and oxygen atoms in total. The second kappa shape index (κ2) is 8.51. The lowest BCUT2D eigenvalue weighted by Crippen LogP contribution is -2.25. The Morgan fingerprint density at radius 2 is 2.14 bits per heavy atom. The predicted molar refractivity (Wildman–Crippen MR) is 84.1 cm³/mol. The Labute approximate surface area is 133 Å². The van der Waals surface area contributed by atoms with E-state index in [2.05, 4.69) is 5.32 Å². The molecule has 1 fully saturated rings. The van der Waals surface area contributed by atoms with Crippen LogP contribution >= 0.6 is 22.9 Å². The Hall–Kier alpha value is -0.910. The van der Waals surface area contributed by atoms with Gasteiger partial charge in [0.2, 0.25) is 5.91 Å². The molecule has 1 aromatic rings. The van der Waals surface area contributed by atoms with Crippen LogP contribution in [0.2, 0.25) is 4.34 Å². The number of rotatable bonds is 10. The lowest BCUT2D eigenvalue weighted by Gasteiger charge is -2.05. The fraction of sp³-hybridized carbons (Fsp3) is 0.600. The summed E-state index contributed by atoms with van der Waals surface area (Å²) in [5, 5.41) is 2.80. The molecule has 0 unspecified atom stereocenters. The van der Waals surface area contributed by atoms with Crippen molar-refractivity contribution in [2.24, 2.45) is 5.92 Å². The molecule has 0 atom stereocenters. The van der Waals surface area contributed by atoms with Gasteiger partial charge in [0, 0.05) is 32.6 Å². The Morgan fingerprint density at radius 3 is 2.81 bits per heavy atom. The van der Waals surface area contributed by atoms with Crippen LogP contribution in [0.5, 0.6) is 0 Å². The standard InChI is InChI=1S/C15H20ClNO3S/c16-14-6-5-13(21-14)12(18)4-7-15(19)17-8-1-9-20-10-11-2-3-11/h5-6,11H,1-4,7-10H2,(H,17,19). The maximum Gasteiger partial charge on any atom is 0.220 e. The number of ether oxygens (including phenoxy) is 1. The van der Waals surface area contributed by atoms with Crippen molar-refractivity contribution in [2.75, 3.05) is 19.8 Å². The Morgan fingerprint density at radius 1 is 1.33 bits per heavy atom. The Kier molecular flexibility index (Phi) is 6.67. The largest absolute Gasteiger partial charge is 0.381 e. The number of ketones is 1. The van der Waals surface area contributed by atoms with E-state index in [9.17, 15) is 9.59 Å². The molecular formula is C15H20ClNO3S. The SMILES string of the molecule is O=C(CCC(=O)c1ccc(Cl)s1)NCCCOCC1CC1. The van der Waals surface area contributed by atoms with Gasteiger partial charge in [-0.1, -0.05) is 11.6 Å². The quantitative estimate of drug-likeness (QED) is 0.529. The second-order valence-corrected chi connectivity index (χ2v) is 6.96. The van der Waals surface area contributed by atoms with E-state index < -0.39 is 0 Å². The van der Waals surface area contributed by atoms with Gasteiger partial charge in [0.15, 0.2) is 5.78 Å². The third-order valence-electron chi connectivity index (χ3n) is 3.27. The van der Waals surface area contributed by atoms with Crippen LogP contribution in [0.15, 0.2) is 12.1 Å². The molecule has 0 aliphatic heterocycles. The number of nitrogens with one attached hydrogen (secondary N) is 1. The maximum absolute atomic E-state index is 11.8. The summed E-state index contributed by atoms with van der Waals surface area (Å²) in [5.74, 6) is 0.652. The first-order chi connectivity index (χ1) is 10.1. The summed E-state index contributed by atoms with van der Waals surface area (Å²) in [6, 6.07) is 3.39. The van der Waals surface area contributed by atoms with E-state index in [0.29, 0.717) is 22.4 Å². The number of amides is 1. The number of carbonyl (C=O) groups excluding carboxylic acids is 2. The van der Waals surface area contributed by atoms with Crippen LogP contribution in [0.25, 0.3) is 0 Å². The van der Waals surface area contributed by atoms with Crippen molar-refractivity contribution in [3.05, 3.63) is 21.3 Å². The van der Waals surface area contributed by atoms with Gasteiger partial charge in [0.25, 0.3) is 0 Å². The highest BCUT2D eigenvalue weighted by atomic mass is 35.5. The van der Waals surface area contributed by atoms with Crippen LogP contribution in [-0.2, 0) is 9.53 Å². The Bertz CT molecular complexity index is 485. The molecule has 1 aliphatic carbocycles. The summed E-state index contributed by atoms with van der Waals surface area (Å²) in [4.78, 5) is 24.0. The van der Waals surface area contributed by atoms with E-state index in [1.54, 1.807) is 12.1 Å². The molecule has 0 aromatic carbocycles. The second-order valence-electron chi connectivity index (χ2n) is 5.25. The van der Waals surface area contributed by atoms with Gasteiger partial charge in [-0.3, -0.25) is 9.59 Å². The number of Topliss-reactive ketones (excluding diaryl/α,β-unsaturated/α-hetero) is 1. The molecule has 1 aromatic heterocycles. The minimum Gasteiger partial charge on any atom is -0.381 e. The first kappa shape index (κ1) is 16.5. The van der Waals surface area contributed by atoms with E-state index in [1.807, 2.05) is 0 Å². The minimum atomic E-state index is -0.0896. The van der Waals surface area contributed by atoms with E-state index >= 15 is 0 Å². The Balaban J connectivity index is 1.49. The monoisotopic (exact) mass is 329 g/mol. The summed E-state index contributed by atoms with van der Waals surface area (Å²) < 4.78 is 6.07. The van der Waals surface area contributed by atoms with E-state index in [1.165, 1.54) is 24.2 Å². The fourth-order valence-electron chi connectivity index (χ4n) is 1.84. The van der Waals surface area contributed by atoms with Crippen molar-refractivity contribution in [3.8, 4) is 0 Å². The minimum absolute atomic E-state index is 0.0326. The van der Waals surface area contributed by atoms with Crippen molar-refractivity contribution in [3.63, 3.8) is 0 Å². The van der Waals surface area contributed by atoms with Gasteiger partial charge in [0.05, 0.1) is 9.21 Å². The number of hydrogen-bond acceptors (Lipinski definition) is 4. The molecule has 6 heteroatoms. The lowest BCUT2D eigenvalue weighted by atomic mass is 10.2. The summed E-state index contributed by atoms with van der Waals surface area (Å²) in [6.45, 7) is 2.14. The number of thiophene rings is 1. The van der Waals surface area contributed by atoms with E-state index in [4.69, 9.17) is 16.3 Å². The average molecular weight is 330 g/mol. The molecule has 2 rings (SSSR count). The molecule has 1 heterocycles. The molecule has 1 N–H and O–H groups in total. The molecule has 116 valence electrons. The molecule has 0 saturated heterocycles. The highest BCUT2D eigenvalue weighted by molar-refractivity contribution is 7.18. The van der Waals surface area contributed by atoms with E-state index in [-0.39, 0.29) is 24.5 Å². The predicted octanol–water partition coefficient (Wildman–Crippen LogP) is 3.30. The molecule has 1 saturated carbocycles. The zero-order valence-electron chi connectivity index (χ0n) is 11.9. The summed E-state index contributed by atoms with van der Waals surface area (Å²) in [5.41, 5.74) is 0. The topological polar surface area (TPSA) is 55.4 Å². The third kappa shape index (κ3) is 6.59. The van der Waals surface area contributed by atoms with Gasteiger partial charge in [-0.2, -0.15) is 0 Å². The smallest absolute Gasteiger partial charge is 0.220 e. The van der Waals surface area contributed by atoms with Crippen LogP contribution in [0, 0.1) is 5.92 Å².